The molecule has 0 aliphatic carbocycles. The molecule has 2 N–H and O–H groups in total. The van der Waals surface area contributed by atoms with Crippen LogP contribution in [0.15, 0.2) is 47.4 Å². The minimum absolute atomic E-state index is 0.0200. The van der Waals surface area contributed by atoms with E-state index in [1.54, 1.807) is 10.6 Å². The van der Waals surface area contributed by atoms with Gasteiger partial charge in [-0.05, 0) is 61.5 Å². The lowest BCUT2D eigenvalue weighted by Crippen LogP contribution is -2.33. The number of carbonyl (C=O) groups excluding carboxylic acids is 1. The standard InChI is InChI=1S/C21H21FN4O2S2/c1-2-28-14-8-6-13(7-9-14)20-24-25-21(29)26(20)12-18(27)23-17-10-11-30-19-15(17)4-3-5-16(19)22/h3-9,17H,2,10-12H2,1H3,(H,23,27)(H,25,29)/t17-/m1/s1. The minimum Gasteiger partial charge on any atom is -0.494 e. The van der Waals surface area contributed by atoms with Crippen LogP contribution < -0.4 is 10.1 Å². The van der Waals surface area contributed by atoms with Gasteiger partial charge in [0.05, 0.1) is 12.6 Å². The van der Waals surface area contributed by atoms with Gasteiger partial charge >= 0.3 is 0 Å². The highest BCUT2D eigenvalue weighted by Crippen LogP contribution is 2.37. The molecule has 156 valence electrons. The Kier molecular flexibility index (Phi) is 6.19. The van der Waals surface area contributed by atoms with Crippen LogP contribution in [0.1, 0.15) is 24.9 Å². The molecule has 0 spiro atoms. The predicted octanol–water partition coefficient (Wildman–Crippen LogP) is 4.50. The zero-order chi connectivity index (χ0) is 21.1. The molecule has 0 saturated carbocycles. The van der Waals surface area contributed by atoms with Crippen LogP contribution in [-0.4, -0.2) is 33.0 Å². The third-order valence-electron chi connectivity index (χ3n) is 4.84. The summed E-state index contributed by atoms with van der Waals surface area (Å²) < 4.78 is 21.6. The Labute approximate surface area is 182 Å². The molecule has 2 heterocycles. The molecule has 0 unspecified atom stereocenters. The molecule has 1 aliphatic rings. The number of rotatable bonds is 6. The number of amides is 1. The number of halogens is 1. The number of H-pyrrole nitrogens is 1. The number of thioether (sulfide) groups is 1. The van der Waals surface area contributed by atoms with Crippen LogP contribution in [0.25, 0.3) is 11.4 Å². The molecule has 0 fully saturated rings. The number of fused-ring (bicyclic) bond motifs is 1. The Morgan fingerprint density at radius 2 is 2.17 bits per heavy atom. The van der Waals surface area contributed by atoms with Gasteiger partial charge in [-0.25, -0.2) is 4.39 Å². The van der Waals surface area contributed by atoms with Gasteiger partial charge in [0.1, 0.15) is 18.1 Å². The predicted molar refractivity (Wildman–Crippen MR) is 117 cm³/mol. The normalized spacial score (nSPS) is 15.5. The maximum absolute atomic E-state index is 14.1. The highest BCUT2D eigenvalue weighted by molar-refractivity contribution is 7.99. The Bertz CT molecular complexity index is 1110. The summed E-state index contributed by atoms with van der Waals surface area (Å²) in [5.74, 6) is 1.64. The lowest BCUT2D eigenvalue weighted by atomic mass is 10.0. The summed E-state index contributed by atoms with van der Waals surface area (Å²) in [5.41, 5.74) is 1.64. The van der Waals surface area contributed by atoms with E-state index in [-0.39, 0.29) is 24.3 Å². The smallest absolute Gasteiger partial charge is 0.240 e. The fraction of sp³-hybridized carbons (Fsp3) is 0.286. The summed E-state index contributed by atoms with van der Waals surface area (Å²) in [7, 11) is 0. The molecule has 0 saturated heterocycles. The zero-order valence-electron chi connectivity index (χ0n) is 16.4. The highest BCUT2D eigenvalue weighted by Gasteiger charge is 2.25. The van der Waals surface area contributed by atoms with E-state index in [1.165, 1.54) is 17.8 Å². The molecule has 4 rings (SSSR count). The van der Waals surface area contributed by atoms with Crippen LogP contribution in [-0.2, 0) is 11.3 Å². The first kappa shape index (κ1) is 20.6. The Balaban J connectivity index is 1.52. The first-order valence-corrected chi connectivity index (χ1v) is 11.0. The lowest BCUT2D eigenvalue weighted by Gasteiger charge is -2.26. The van der Waals surface area contributed by atoms with Gasteiger partial charge in [0.25, 0.3) is 0 Å². The molecule has 2 aromatic carbocycles. The Hall–Kier alpha value is -2.65. The van der Waals surface area contributed by atoms with E-state index in [2.05, 4.69) is 15.5 Å². The van der Waals surface area contributed by atoms with Gasteiger partial charge in [0, 0.05) is 16.2 Å². The van der Waals surface area contributed by atoms with Crippen molar-refractivity contribution in [2.24, 2.45) is 0 Å². The zero-order valence-corrected chi connectivity index (χ0v) is 18.0. The largest absolute Gasteiger partial charge is 0.494 e. The first-order chi connectivity index (χ1) is 14.6. The van der Waals surface area contributed by atoms with E-state index in [0.717, 1.165) is 29.1 Å². The van der Waals surface area contributed by atoms with Crippen molar-refractivity contribution in [2.75, 3.05) is 12.4 Å². The van der Waals surface area contributed by atoms with Crippen molar-refractivity contribution in [1.29, 1.82) is 0 Å². The monoisotopic (exact) mass is 444 g/mol. The number of nitrogens with zero attached hydrogens (tertiary/aromatic N) is 2. The number of nitrogens with one attached hydrogen (secondary N) is 2. The summed E-state index contributed by atoms with van der Waals surface area (Å²) >= 11 is 6.82. The van der Waals surface area contributed by atoms with Crippen LogP contribution in [0.2, 0.25) is 0 Å². The van der Waals surface area contributed by atoms with Gasteiger partial charge in [-0.15, -0.1) is 11.8 Å². The number of hydrogen-bond acceptors (Lipinski definition) is 5. The second-order valence-corrected chi connectivity index (χ2v) is 8.30. The molecule has 0 bridgehead atoms. The van der Waals surface area contributed by atoms with E-state index in [1.807, 2.05) is 37.3 Å². The van der Waals surface area contributed by atoms with Crippen LogP contribution in [0.3, 0.4) is 0 Å². The fourth-order valence-corrected chi connectivity index (χ4v) is 4.81. The van der Waals surface area contributed by atoms with E-state index in [0.29, 0.717) is 22.1 Å². The van der Waals surface area contributed by atoms with E-state index >= 15 is 0 Å². The Morgan fingerprint density at radius 3 is 2.93 bits per heavy atom. The number of aromatic nitrogens is 3. The van der Waals surface area contributed by atoms with Crippen LogP contribution in [0.5, 0.6) is 5.75 Å². The van der Waals surface area contributed by atoms with Crippen molar-refractivity contribution in [3.05, 3.63) is 58.6 Å². The van der Waals surface area contributed by atoms with Gasteiger partial charge in [-0.3, -0.25) is 14.5 Å². The molecule has 1 amide bonds. The molecule has 1 atom stereocenters. The maximum Gasteiger partial charge on any atom is 0.240 e. The number of carbonyl (C=O) groups is 1. The van der Waals surface area contributed by atoms with Crippen LogP contribution in [0, 0.1) is 10.6 Å². The van der Waals surface area contributed by atoms with Crippen molar-refractivity contribution in [3.63, 3.8) is 0 Å². The van der Waals surface area contributed by atoms with Crippen molar-refractivity contribution in [2.45, 2.75) is 30.8 Å². The summed E-state index contributed by atoms with van der Waals surface area (Å²) in [6.45, 7) is 2.53. The fourth-order valence-electron chi connectivity index (χ4n) is 3.47. The SMILES string of the molecule is CCOc1ccc(-c2n[nH]c(=S)n2CC(=O)N[C@@H]2CCSc3c(F)cccc32)cc1. The summed E-state index contributed by atoms with van der Waals surface area (Å²) in [6, 6.07) is 12.2. The van der Waals surface area contributed by atoms with Crippen molar-refractivity contribution in [3.8, 4) is 17.1 Å². The van der Waals surface area contributed by atoms with Crippen molar-refractivity contribution >= 4 is 29.9 Å². The molecular weight excluding hydrogens is 423 g/mol. The van der Waals surface area contributed by atoms with E-state index in [4.69, 9.17) is 17.0 Å². The number of aromatic amines is 1. The molecule has 3 aromatic rings. The van der Waals surface area contributed by atoms with Gasteiger partial charge < -0.3 is 10.1 Å². The number of benzene rings is 2. The molecule has 6 nitrogen and oxygen atoms in total. The molecule has 1 aliphatic heterocycles. The van der Waals surface area contributed by atoms with Crippen LogP contribution in [0.4, 0.5) is 4.39 Å². The lowest BCUT2D eigenvalue weighted by molar-refractivity contribution is -0.122. The number of hydrogen-bond donors (Lipinski definition) is 2. The second-order valence-electron chi connectivity index (χ2n) is 6.81. The first-order valence-electron chi connectivity index (χ1n) is 9.66. The summed E-state index contributed by atoms with van der Waals surface area (Å²) in [4.78, 5) is 13.4. The van der Waals surface area contributed by atoms with E-state index in [9.17, 15) is 9.18 Å². The average molecular weight is 445 g/mol. The number of ether oxygens (including phenoxy) is 1. The maximum atomic E-state index is 14.1. The molecule has 30 heavy (non-hydrogen) atoms. The van der Waals surface area contributed by atoms with Crippen LogP contribution >= 0.6 is 24.0 Å². The van der Waals surface area contributed by atoms with Gasteiger partial charge in [-0.1, -0.05) is 12.1 Å². The van der Waals surface area contributed by atoms with E-state index < -0.39 is 0 Å². The van der Waals surface area contributed by atoms with Gasteiger partial charge in [0.15, 0.2) is 10.6 Å². The molecule has 1 aromatic heterocycles. The topological polar surface area (TPSA) is 71.9 Å². The quantitative estimate of drug-likeness (QED) is 0.548. The van der Waals surface area contributed by atoms with Crippen molar-refractivity contribution < 1.29 is 13.9 Å². The average Bonchev–Trinajstić information content (AvgIpc) is 3.10. The third-order valence-corrected chi connectivity index (χ3v) is 6.32. The third kappa shape index (κ3) is 4.27. The Morgan fingerprint density at radius 1 is 1.37 bits per heavy atom. The molecular formula is C21H21FN4O2S2. The molecule has 9 heteroatoms. The van der Waals surface area contributed by atoms with Gasteiger partial charge in [-0.2, -0.15) is 5.10 Å². The molecule has 0 radical (unpaired) electrons. The summed E-state index contributed by atoms with van der Waals surface area (Å²) in [6.07, 6.45) is 0.745. The summed E-state index contributed by atoms with van der Waals surface area (Å²) in [5, 5.41) is 10.1. The van der Waals surface area contributed by atoms with Crippen molar-refractivity contribution in [1.82, 2.24) is 20.1 Å². The van der Waals surface area contributed by atoms with Gasteiger partial charge in [0.2, 0.25) is 5.91 Å². The second kappa shape index (κ2) is 9.01. The highest BCUT2D eigenvalue weighted by atomic mass is 32.2. The minimum atomic E-state index is -0.244.